The van der Waals surface area contributed by atoms with E-state index in [-0.39, 0.29) is 5.41 Å². The van der Waals surface area contributed by atoms with Crippen LogP contribution in [-0.4, -0.2) is 0 Å². The normalized spacial score (nSPS) is 12.9. The summed E-state index contributed by atoms with van der Waals surface area (Å²) in [4.78, 5) is 2.34. The molecule has 0 saturated carbocycles. The van der Waals surface area contributed by atoms with Crippen molar-refractivity contribution in [3.05, 3.63) is 199 Å². The lowest BCUT2D eigenvalue weighted by atomic mass is 9.81. The summed E-state index contributed by atoms with van der Waals surface area (Å²) in [5.74, 6) is 0. The molecule has 0 amide bonds. The maximum absolute atomic E-state index is 6.31. The topological polar surface area (TPSA) is 16.4 Å². The van der Waals surface area contributed by atoms with Crippen LogP contribution in [0.3, 0.4) is 0 Å². The number of hydrogen-bond acceptors (Lipinski definition) is 2. The fourth-order valence-corrected chi connectivity index (χ4v) is 8.25. The molecule has 2 nitrogen and oxygen atoms in total. The van der Waals surface area contributed by atoms with Crippen LogP contribution in [0, 0.1) is 0 Å². The second kappa shape index (κ2) is 12.3. The van der Waals surface area contributed by atoms with Crippen LogP contribution in [0.2, 0.25) is 0 Å². The highest BCUT2D eigenvalue weighted by Crippen LogP contribution is 2.52. The van der Waals surface area contributed by atoms with Crippen LogP contribution in [-0.2, 0) is 5.41 Å². The summed E-state index contributed by atoms with van der Waals surface area (Å²) in [6.45, 7) is 4.67. The monoisotopic (exact) mass is 679 g/mol. The first-order valence-electron chi connectivity index (χ1n) is 18.3. The molecule has 0 radical (unpaired) electrons. The van der Waals surface area contributed by atoms with Crippen LogP contribution >= 0.6 is 0 Å². The van der Waals surface area contributed by atoms with Gasteiger partial charge in [0.05, 0.1) is 0 Å². The maximum Gasteiger partial charge on any atom is 0.135 e. The van der Waals surface area contributed by atoms with Crippen LogP contribution in [0.4, 0.5) is 17.1 Å². The van der Waals surface area contributed by atoms with Crippen LogP contribution < -0.4 is 4.90 Å². The number of nitrogens with zero attached hydrogens (tertiary/aromatic N) is 1. The van der Waals surface area contributed by atoms with E-state index in [4.69, 9.17) is 4.42 Å². The lowest BCUT2D eigenvalue weighted by molar-refractivity contribution is 0.647. The van der Waals surface area contributed by atoms with Gasteiger partial charge in [0.25, 0.3) is 0 Å². The number of fused-ring (bicyclic) bond motifs is 6. The Hall–Kier alpha value is -6.64. The van der Waals surface area contributed by atoms with E-state index in [2.05, 4.69) is 201 Å². The quantitative estimate of drug-likeness (QED) is 0.174. The average molecular weight is 680 g/mol. The zero-order valence-electron chi connectivity index (χ0n) is 29.8. The Balaban J connectivity index is 1.01. The van der Waals surface area contributed by atoms with Crippen LogP contribution in [0.25, 0.3) is 66.4 Å². The summed E-state index contributed by atoms with van der Waals surface area (Å²) in [5.41, 5.74) is 17.6. The molecule has 1 heterocycles. The van der Waals surface area contributed by atoms with Gasteiger partial charge in [0.15, 0.2) is 0 Å². The second-order valence-corrected chi connectivity index (χ2v) is 14.6. The van der Waals surface area contributed by atoms with Crippen molar-refractivity contribution >= 4 is 39.0 Å². The van der Waals surface area contributed by atoms with Gasteiger partial charge in [-0.2, -0.15) is 0 Å². The third-order valence-electron chi connectivity index (χ3n) is 11.1. The zero-order valence-corrected chi connectivity index (χ0v) is 29.8. The first-order valence-corrected chi connectivity index (χ1v) is 18.3. The molecular weight excluding hydrogens is 643 g/mol. The molecule has 2 heteroatoms. The summed E-state index contributed by atoms with van der Waals surface area (Å²) in [6, 6.07) is 67.8. The minimum atomic E-state index is -0.150. The molecule has 1 aliphatic rings. The van der Waals surface area contributed by atoms with Gasteiger partial charge in [-0.3, -0.25) is 0 Å². The number of para-hydroxylation sites is 1. The third kappa shape index (κ3) is 5.26. The standard InChI is InChI=1S/C51H37NO/c1-51(2)47-31-39(23-30-43(47)45-32-46-44-15-9-10-16-49(44)53-50(46)33-48(45)51)38-21-28-42(29-22-38)52(40-24-17-36(18-25-40)34-11-5-3-6-12-34)41-26-19-37(20-27-41)35-13-7-4-8-14-35/h3-33H,1-2H3. The average Bonchev–Trinajstić information content (AvgIpc) is 3.69. The van der Waals surface area contributed by atoms with E-state index >= 15 is 0 Å². The van der Waals surface area contributed by atoms with E-state index in [0.29, 0.717) is 0 Å². The Morgan fingerprint density at radius 3 is 1.38 bits per heavy atom. The third-order valence-corrected chi connectivity index (χ3v) is 11.1. The highest BCUT2D eigenvalue weighted by Gasteiger charge is 2.36. The van der Waals surface area contributed by atoms with Crippen molar-refractivity contribution in [2.75, 3.05) is 4.90 Å². The minimum Gasteiger partial charge on any atom is -0.456 e. The highest BCUT2D eigenvalue weighted by atomic mass is 16.3. The van der Waals surface area contributed by atoms with E-state index in [0.717, 1.165) is 28.2 Å². The summed E-state index contributed by atoms with van der Waals surface area (Å²) in [6.07, 6.45) is 0. The molecule has 0 aliphatic heterocycles. The Labute approximate surface area is 310 Å². The van der Waals surface area contributed by atoms with Crippen LogP contribution in [0.15, 0.2) is 192 Å². The predicted molar refractivity (Wildman–Crippen MR) is 222 cm³/mol. The molecular formula is C51H37NO. The van der Waals surface area contributed by atoms with Gasteiger partial charge in [-0.05, 0) is 116 Å². The molecule has 0 saturated heterocycles. The fourth-order valence-electron chi connectivity index (χ4n) is 8.25. The van der Waals surface area contributed by atoms with Gasteiger partial charge in [-0.25, -0.2) is 0 Å². The number of furan rings is 1. The fraction of sp³-hybridized carbons (Fsp3) is 0.0588. The predicted octanol–water partition coefficient (Wildman–Crippen LogP) is 14.4. The van der Waals surface area contributed by atoms with Gasteiger partial charge in [0, 0.05) is 33.2 Å². The summed E-state index contributed by atoms with van der Waals surface area (Å²) >= 11 is 0. The molecule has 252 valence electrons. The van der Waals surface area contributed by atoms with E-state index in [1.165, 1.54) is 66.4 Å². The first kappa shape index (κ1) is 31.1. The van der Waals surface area contributed by atoms with E-state index in [9.17, 15) is 0 Å². The van der Waals surface area contributed by atoms with Crippen molar-refractivity contribution in [1.29, 1.82) is 0 Å². The lowest BCUT2D eigenvalue weighted by Gasteiger charge is -2.26. The summed E-state index contributed by atoms with van der Waals surface area (Å²) < 4.78 is 6.31. The summed E-state index contributed by atoms with van der Waals surface area (Å²) in [7, 11) is 0. The van der Waals surface area contributed by atoms with Crippen LogP contribution in [0.5, 0.6) is 0 Å². The molecule has 9 aromatic rings. The van der Waals surface area contributed by atoms with Crippen molar-refractivity contribution < 1.29 is 4.42 Å². The molecule has 0 bridgehead atoms. The molecule has 53 heavy (non-hydrogen) atoms. The second-order valence-electron chi connectivity index (χ2n) is 14.6. The Morgan fingerprint density at radius 2 is 0.811 bits per heavy atom. The van der Waals surface area contributed by atoms with Crippen molar-refractivity contribution in [3.63, 3.8) is 0 Å². The number of hydrogen-bond donors (Lipinski definition) is 0. The number of benzene rings is 8. The molecule has 0 N–H and O–H groups in total. The zero-order chi connectivity index (χ0) is 35.5. The number of rotatable bonds is 6. The van der Waals surface area contributed by atoms with Gasteiger partial charge >= 0.3 is 0 Å². The smallest absolute Gasteiger partial charge is 0.135 e. The molecule has 1 aliphatic carbocycles. The van der Waals surface area contributed by atoms with E-state index in [1.54, 1.807) is 0 Å². The molecule has 0 atom stereocenters. The SMILES string of the molecule is CC1(C)c2cc(-c3ccc(N(c4ccc(-c5ccccc5)cc4)c4ccc(-c5ccccc5)cc4)cc3)ccc2-c2cc3c(cc21)oc1ccccc13. The molecule has 1 aromatic heterocycles. The lowest BCUT2D eigenvalue weighted by Crippen LogP contribution is -2.15. The minimum absolute atomic E-state index is 0.150. The van der Waals surface area contributed by atoms with E-state index in [1.807, 2.05) is 6.07 Å². The number of anilines is 3. The molecule has 8 aromatic carbocycles. The van der Waals surface area contributed by atoms with Crippen molar-refractivity contribution in [2.24, 2.45) is 0 Å². The largest absolute Gasteiger partial charge is 0.456 e. The van der Waals surface area contributed by atoms with Crippen molar-refractivity contribution in [1.82, 2.24) is 0 Å². The van der Waals surface area contributed by atoms with Gasteiger partial charge in [0.2, 0.25) is 0 Å². The Bertz CT molecular complexity index is 2670. The van der Waals surface area contributed by atoms with Gasteiger partial charge < -0.3 is 9.32 Å². The van der Waals surface area contributed by atoms with Gasteiger partial charge in [-0.15, -0.1) is 0 Å². The Kier molecular flexibility index (Phi) is 7.19. The van der Waals surface area contributed by atoms with Gasteiger partial charge in [-0.1, -0.05) is 141 Å². The van der Waals surface area contributed by atoms with Crippen molar-refractivity contribution in [2.45, 2.75) is 19.3 Å². The van der Waals surface area contributed by atoms with Crippen LogP contribution in [0.1, 0.15) is 25.0 Å². The van der Waals surface area contributed by atoms with Gasteiger partial charge in [0.1, 0.15) is 11.2 Å². The van der Waals surface area contributed by atoms with Crippen molar-refractivity contribution in [3.8, 4) is 44.5 Å². The van der Waals surface area contributed by atoms with E-state index < -0.39 is 0 Å². The maximum atomic E-state index is 6.31. The first-order chi connectivity index (χ1) is 26.0. The molecule has 0 fully saturated rings. The molecule has 0 spiro atoms. The summed E-state index contributed by atoms with van der Waals surface area (Å²) in [5, 5.41) is 2.35. The highest BCUT2D eigenvalue weighted by molar-refractivity contribution is 6.07. The molecule has 0 unspecified atom stereocenters. The molecule has 10 rings (SSSR count). The Morgan fingerprint density at radius 1 is 0.358 bits per heavy atom.